The number of fused-ring (bicyclic) bond motifs is 4. The number of ether oxygens (including phenoxy) is 1. The maximum atomic E-state index is 15.5. The second kappa shape index (κ2) is 14.0. The van der Waals surface area contributed by atoms with Crippen molar-refractivity contribution in [1.82, 2.24) is 0 Å². The molecule has 284 valence electrons. The highest BCUT2D eigenvalue weighted by atomic mass is 79.9. The highest BCUT2D eigenvalue weighted by molar-refractivity contribution is 9.10. The number of carbonyl (C=O) groups is 5. The number of nitrogens with zero attached hydrogens (tertiary/aromatic N) is 2. The maximum absolute atomic E-state index is 15.5. The first kappa shape index (κ1) is 36.8. The molecule has 9 rings (SSSR count). The van der Waals surface area contributed by atoms with E-state index in [9.17, 15) is 19.5 Å². The first-order valence-electron chi connectivity index (χ1n) is 18.6. The van der Waals surface area contributed by atoms with Crippen molar-refractivity contribution in [3.63, 3.8) is 0 Å². The lowest BCUT2D eigenvalue weighted by Crippen LogP contribution is -2.53. The summed E-state index contributed by atoms with van der Waals surface area (Å²) in [4.78, 5) is 75.1. The largest absolute Gasteiger partial charge is 0.504 e. The van der Waals surface area contributed by atoms with Gasteiger partial charge in [-0.25, -0.2) is 4.90 Å². The number of halogens is 2. The minimum Gasteiger partial charge on any atom is -0.504 e. The van der Waals surface area contributed by atoms with Crippen LogP contribution in [0, 0.1) is 23.7 Å². The zero-order chi connectivity index (χ0) is 39.7. The molecule has 4 aliphatic rings. The Bertz CT molecular complexity index is 2540. The molecule has 57 heavy (non-hydrogen) atoms. The van der Waals surface area contributed by atoms with Gasteiger partial charge in [0.1, 0.15) is 0 Å². The van der Waals surface area contributed by atoms with E-state index in [2.05, 4.69) is 15.9 Å². The van der Waals surface area contributed by atoms with Crippen LogP contribution in [0.4, 0.5) is 11.4 Å². The molecule has 5 aromatic rings. The number of imide groups is 2. The normalized spacial score (nSPS) is 25.2. The topological polar surface area (TPSA) is 121 Å². The van der Waals surface area contributed by atoms with Gasteiger partial charge in [-0.1, -0.05) is 106 Å². The van der Waals surface area contributed by atoms with E-state index >= 15 is 9.59 Å². The number of carbonyl (C=O) groups excluding carboxylic acids is 5. The summed E-state index contributed by atoms with van der Waals surface area (Å²) < 4.78 is 6.17. The van der Waals surface area contributed by atoms with Gasteiger partial charge < -0.3 is 9.84 Å². The Balaban J connectivity index is 1.19. The Hall–Kier alpha value is -5.84. The van der Waals surface area contributed by atoms with Gasteiger partial charge >= 0.3 is 0 Å². The van der Waals surface area contributed by atoms with Crippen molar-refractivity contribution in [1.29, 1.82) is 0 Å². The third-order valence-electron chi connectivity index (χ3n) is 12.2. The number of benzene rings is 5. The number of anilines is 2. The van der Waals surface area contributed by atoms with Gasteiger partial charge in [0.15, 0.2) is 17.3 Å². The summed E-state index contributed by atoms with van der Waals surface area (Å²) in [5.74, 6) is -6.21. The SMILES string of the molecule is COc1cc(Br)cc(C2C3=CCC4C(=O)N(c5ccc(C(=O)c6ccccc6)cc5)C(=O)C4C3CC3C(=O)N(c4cccc(Cl)c4)C(=O)C32c2ccccc2)c1O. The fraction of sp³-hybridized carbons (Fsp3) is 0.196. The van der Waals surface area contributed by atoms with Crippen LogP contribution in [-0.2, 0) is 24.6 Å². The van der Waals surface area contributed by atoms with E-state index in [1.807, 2.05) is 42.5 Å². The van der Waals surface area contributed by atoms with Crippen LogP contribution in [0.25, 0.3) is 0 Å². The fourth-order valence-electron chi connectivity index (χ4n) is 9.83. The van der Waals surface area contributed by atoms with Crippen LogP contribution in [0.15, 0.2) is 137 Å². The molecule has 0 bridgehead atoms. The molecule has 6 atom stereocenters. The van der Waals surface area contributed by atoms with Crippen molar-refractivity contribution in [2.24, 2.45) is 23.7 Å². The Kier molecular flexibility index (Phi) is 9.01. The standard InChI is InChI=1S/C46H34BrClN2O7/c1-57-37-22-28(47)21-35(41(37)52)39-32-19-20-33-38(44(55)49(42(33)53)30-17-15-26(16-18-30)40(51)25-9-4-2-5-10-25)34(32)24-36-43(54)50(31-14-8-13-29(48)23-31)45(56)46(36,39)27-11-6-3-7-12-27/h2-19,21-23,33-34,36,38-39,52H,20,24H2,1H3. The number of allylic oxidation sites excluding steroid dienone is 2. The number of ketones is 1. The highest BCUT2D eigenvalue weighted by Crippen LogP contribution is 2.66. The predicted molar refractivity (Wildman–Crippen MR) is 217 cm³/mol. The van der Waals surface area contributed by atoms with Crippen LogP contribution in [0.1, 0.15) is 45.8 Å². The molecule has 5 aromatic carbocycles. The van der Waals surface area contributed by atoms with E-state index in [4.69, 9.17) is 16.3 Å². The number of aromatic hydroxyl groups is 1. The van der Waals surface area contributed by atoms with Gasteiger partial charge in [0.2, 0.25) is 23.6 Å². The van der Waals surface area contributed by atoms with Crippen LogP contribution in [0.5, 0.6) is 11.5 Å². The number of amides is 4. The zero-order valence-corrected chi connectivity index (χ0v) is 32.8. The average Bonchev–Trinajstić information content (AvgIpc) is 3.62. The molecule has 3 fully saturated rings. The second-order valence-corrected chi connectivity index (χ2v) is 16.2. The molecule has 1 saturated carbocycles. The molecule has 2 saturated heterocycles. The first-order valence-corrected chi connectivity index (χ1v) is 19.8. The van der Waals surface area contributed by atoms with E-state index in [-0.39, 0.29) is 36.0 Å². The van der Waals surface area contributed by atoms with Gasteiger partial charge in [-0.15, -0.1) is 0 Å². The minimum absolute atomic E-state index is 0.0866. The van der Waals surface area contributed by atoms with E-state index in [0.29, 0.717) is 48.7 Å². The molecule has 11 heteroatoms. The molecule has 2 heterocycles. The summed E-state index contributed by atoms with van der Waals surface area (Å²) in [5.41, 5.74) is 1.60. The lowest BCUT2D eigenvalue weighted by Gasteiger charge is -2.50. The van der Waals surface area contributed by atoms with Crippen molar-refractivity contribution in [2.45, 2.75) is 24.2 Å². The monoisotopic (exact) mass is 840 g/mol. The number of methoxy groups -OCH3 is 1. The van der Waals surface area contributed by atoms with Crippen LogP contribution in [0.2, 0.25) is 5.02 Å². The molecule has 6 unspecified atom stereocenters. The molecular formula is C46H34BrClN2O7. The molecular weight excluding hydrogens is 808 g/mol. The van der Waals surface area contributed by atoms with E-state index in [1.165, 1.54) is 16.9 Å². The van der Waals surface area contributed by atoms with Crippen molar-refractivity contribution in [3.8, 4) is 11.5 Å². The second-order valence-electron chi connectivity index (χ2n) is 14.9. The quantitative estimate of drug-likeness (QED) is 0.0993. The zero-order valence-electron chi connectivity index (χ0n) is 30.5. The first-order chi connectivity index (χ1) is 27.6. The molecule has 1 N–H and O–H groups in total. The van der Waals surface area contributed by atoms with Crippen molar-refractivity contribution in [3.05, 3.63) is 165 Å². The minimum atomic E-state index is -1.58. The molecule has 0 spiro atoms. The van der Waals surface area contributed by atoms with Crippen LogP contribution in [0.3, 0.4) is 0 Å². The van der Waals surface area contributed by atoms with Gasteiger partial charge in [-0.3, -0.25) is 28.9 Å². The fourth-order valence-corrected chi connectivity index (χ4v) is 10.5. The molecule has 2 aliphatic carbocycles. The lowest BCUT2D eigenvalue weighted by molar-refractivity contribution is -0.127. The Morgan fingerprint density at radius 1 is 0.772 bits per heavy atom. The molecule has 4 amide bonds. The molecule has 2 aliphatic heterocycles. The smallest absolute Gasteiger partial charge is 0.246 e. The van der Waals surface area contributed by atoms with Crippen molar-refractivity contribution in [2.75, 3.05) is 16.9 Å². The van der Waals surface area contributed by atoms with E-state index < -0.39 is 52.7 Å². The molecule has 0 aromatic heterocycles. The maximum Gasteiger partial charge on any atom is 0.246 e. The Labute approximate surface area is 341 Å². The predicted octanol–water partition coefficient (Wildman–Crippen LogP) is 8.41. The number of rotatable bonds is 7. The van der Waals surface area contributed by atoms with Crippen LogP contribution >= 0.6 is 27.5 Å². The summed E-state index contributed by atoms with van der Waals surface area (Å²) >= 11 is 10.0. The average molecular weight is 842 g/mol. The van der Waals surface area contributed by atoms with Crippen LogP contribution < -0.4 is 14.5 Å². The Morgan fingerprint density at radius 3 is 2.14 bits per heavy atom. The molecule has 0 radical (unpaired) electrons. The van der Waals surface area contributed by atoms with E-state index in [0.717, 1.165) is 0 Å². The van der Waals surface area contributed by atoms with Crippen molar-refractivity contribution < 1.29 is 33.8 Å². The number of phenolic OH excluding ortho intramolecular Hbond substituents is 1. The van der Waals surface area contributed by atoms with Gasteiger partial charge in [0.05, 0.1) is 41.7 Å². The van der Waals surface area contributed by atoms with Gasteiger partial charge in [-0.2, -0.15) is 0 Å². The summed E-state index contributed by atoms with van der Waals surface area (Å²) in [6.07, 6.45) is 2.21. The summed E-state index contributed by atoms with van der Waals surface area (Å²) in [6, 6.07) is 34.3. The summed E-state index contributed by atoms with van der Waals surface area (Å²) in [7, 11) is 1.43. The van der Waals surface area contributed by atoms with Gasteiger partial charge in [-0.05, 0) is 78.9 Å². The third kappa shape index (κ3) is 5.52. The van der Waals surface area contributed by atoms with E-state index in [1.54, 1.807) is 84.9 Å². The highest BCUT2D eigenvalue weighted by Gasteiger charge is 2.70. The molecule has 9 nitrogen and oxygen atoms in total. The van der Waals surface area contributed by atoms with Gasteiger partial charge in [0, 0.05) is 32.1 Å². The number of hydrogen-bond donors (Lipinski definition) is 1. The number of phenols is 1. The van der Waals surface area contributed by atoms with Crippen molar-refractivity contribution >= 4 is 68.3 Å². The van der Waals surface area contributed by atoms with Gasteiger partial charge in [0.25, 0.3) is 0 Å². The Morgan fingerprint density at radius 2 is 1.46 bits per heavy atom. The lowest BCUT2D eigenvalue weighted by atomic mass is 9.49. The number of hydrogen-bond acceptors (Lipinski definition) is 7. The van der Waals surface area contributed by atoms with Crippen LogP contribution in [-0.4, -0.2) is 41.6 Å². The summed E-state index contributed by atoms with van der Waals surface area (Å²) in [6.45, 7) is 0. The summed E-state index contributed by atoms with van der Waals surface area (Å²) in [5, 5.41) is 12.3. The third-order valence-corrected chi connectivity index (χ3v) is 12.9.